The van der Waals surface area contributed by atoms with E-state index >= 15 is 0 Å². The first-order chi connectivity index (χ1) is 13.9. The molecule has 4 aliphatic carbocycles. The molecule has 0 aromatic carbocycles. The van der Waals surface area contributed by atoms with Gasteiger partial charge in [0.1, 0.15) is 5.78 Å². The highest BCUT2D eigenvalue weighted by Crippen LogP contribution is 2.68. The Kier molecular flexibility index (Phi) is 6.01. The zero-order valence-electron chi connectivity index (χ0n) is 18.6. The molecule has 0 radical (unpaired) electrons. The van der Waals surface area contributed by atoms with Gasteiger partial charge >= 0.3 is 0 Å². The Morgan fingerprint density at radius 1 is 1.14 bits per heavy atom. The van der Waals surface area contributed by atoms with E-state index in [1.165, 1.54) is 44.9 Å². The summed E-state index contributed by atoms with van der Waals surface area (Å²) >= 11 is 0. The summed E-state index contributed by atoms with van der Waals surface area (Å²) in [5.41, 5.74) is 8.96. The van der Waals surface area contributed by atoms with E-state index in [1.54, 1.807) is 6.92 Å². The van der Waals surface area contributed by atoms with Crippen molar-refractivity contribution in [2.24, 2.45) is 45.5 Å². The van der Waals surface area contributed by atoms with Crippen LogP contribution in [0.5, 0.6) is 0 Å². The van der Waals surface area contributed by atoms with Crippen LogP contribution >= 0.6 is 0 Å². The Morgan fingerprint density at radius 3 is 2.72 bits per heavy atom. The van der Waals surface area contributed by atoms with Crippen molar-refractivity contribution in [3.63, 3.8) is 0 Å². The van der Waals surface area contributed by atoms with Crippen molar-refractivity contribution in [2.75, 3.05) is 13.2 Å². The summed E-state index contributed by atoms with van der Waals surface area (Å²) in [6.45, 7) is 7.88. The van der Waals surface area contributed by atoms with E-state index in [0.29, 0.717) is 30.3 Å². The highest BCUT2D eigenvalue weighted by Gasteiger charge is 2.64. The normalized spacial score (nSPS) is 46.2. The molecule has 5 heteroatoms. The average molecular weight is 402 g/mol. The molecule has 0 amide bonds. The summed E-state index contributed by atoms with van der Waals surface area (Å²) in [6.07, 6.45) is 12.6. The lowest BCUT2D eigenvalue weighted by atomic mass is 9.44. The molecule has 0 aromatic rings. The zero-order chi connectivity index (χ0) is 20.6. The molecule has 0 aromatic heterocycles. The molecule has 29 heavy (non-hydrogen) atoms. The van der Waals surface area contributed by atoms with Gasteiger partial charge in [-0.05, 0) is 92.9 Å². The fraction of sp³-hybridized carbons (Fsp3) is 0.958. The fourth-order valence-corrected chi connectivity index (χ4v) is 8.55. The van der Waals surface area contributed by atoms with E-state index in [0.717, 1.165) is 37.0 Å². The molecule has 0 saturated heterocycles. The van der Waals surface area contributed by atoms with Crippen molar-refractivity contribution < 1.29 is 9.53 Å². The maximum atomic E-state index is 12.6. The SMILES string of the molecule is CC(=O)[C@H]1CCC2C3CCC4CCCC[C@]4(C)C3C[C@H](OCCCN=[N+]=[N-])[C@@]21C. The largest absolute Gasteiger partial charge is 0.378 e. The fourth-order valence-electron chi connectivity index (χ4n) is 8.55. The van der Waals surface area contributed by atoms with Gasteiger partial charge in [0.05, 0.1) is 6.10 Å². The van der Waals surface area contributed by atoms with Gasteiger partial charge in [0, 0.05) is 29.4 Å². The molecular formula is C24H39N3O2. The van der Waals surface area contributed by atoms with E-state index in [2.05, 4.69) is 23.9 Å². The van der Waals surface area contributed by atoms with Crippen LogP contribution in [0.1, 0.15) is 85.0 Å². The molecule has 4 fully saturated rings. The van der Waals surface area contributed by atoms with Crippen LogP contribution < -0.4 is 0 Å². The van der Waals surface area contributed by atoms with Gasteiger partial charge in [-0.3, -0.25) is 4.79 Å². The van der Waals surface area contributed by atoms with Crippen molar-refractivity contribution in [1.29, 1.82) is 0 Å². The Labute approximate surface area is 176 Å². The number of hydrogen-bond acceptors (Lipinski definition) is 3. The molecule has 0 N–H and O–H groups in total. The number of ether oxygens (including phenoxy) is 1. The van der Waals surface area contributed by atoms with E-state index in [9.17, 15) is 4.79 Å². The van der Waals surface area contributed by atoms with Gasteiger partial charge in [-0.2, -0.15) is 0 Å². The van der Waals surface area contributed by atoms with Crippen LogP contribution in [0.3, 0.4) is 0 Å². The lowest BCUT2D eigenvalue weighted by Crippen LogP contribution is -2.59. The maximum absolute atomic E-state index is 12.6. The molecule has 5 nitrogen and oxygen atoms in total. The van der Waals surface area contributed by atoms with E-state index in [1.807, 2.05) is 0 Å². The molecular weight excluding hydrogens is 362 g/mol. The molecule has 0 bridgehead atoms. The number of carbonyl (C=O) groups excluding carboxylic acids is 1. The highest BCUT2D eigenvalue weighted by molar-refractivity contribution is 5.79. The van der Waals surface area contributed by atoms with Crippen molar-refractivity contribution in [2.45, 2.75) is 91.1 Å². The molecule has 4 unspecified atom stereocenters. The second-order valence-corrected chi connectivity index (χ2v) is 10.9. The van der Waals surface area contributed by atoms with Crippen LogP contribution in [0.4, 0.5) is 0 Å². The average Bonchev–Trinajstić information content (AvgIpc) is 3.06. The molecule has 4 aliphatic rings. The molecule has 0 heterocycles. The summed E-state index contributed by atoms with van der Waals surface area (Å²) in [5.74, 6) is 3.52. The number of ketones is 1. The number of Topliss-reactive ketones (excluding diaryl/α,β-unsaturated/α-hetero) is 1. The summed E-state index contributed by atoms with van der Waals surface area (Å²) in [7, 11) is 0. The second kappa shape index (κ2) is 8.23. The Balaban J connectivity index is 1.61. The van der Waals surface area contributed by atoms with Gasteiger partial charge in [0.15, 0.2) is 0 Å². The number of rotatable bonds is 6. The van der Waals surface area contributed by atoms with Crippen LogP contribution in [0.15, 0.2) is 5.11 Å². The van der Waals surface area contributed by atoms with Crippen LogP contribution in [-0.4, -0.2) is 25.0 Å². The number of nitrogens with zero attached hydrogens (tertiary/aromatic N) is 3. The first kappa shape index (κ1) is 21.2. The molecule has 4 rings (SSSR count). The number of carbonyl (C=O) groups is 1. The van der Waals surface area contributed by atoms with Crippen molar-refractivity contribution in [1.82, 2.24) is 0 Å². The van der Waals surface area contributed by atoms with E-state index < -0.39 is 0 Å². The monoisotopic (exact) mass is 401 g/mol. The van der Waals surface area contributed by atoms with Crippen LogP contribution in [0.2, 0.25) is 0 Å². The first-order valence-corrected chi connectivity index (χ1v) is 12.1. The van der Waals surface area contributed by atoms with Crippen molar-refractivity contribution in [3.05, 3.63) is 10.4 Å². The van der Waals surface area contributed by atoms with Crippen molar-refractivity contribution >= 4 is 5.78 Å². The summed E-state index contributed by atoms with van der Waals surface area (Å²) in [4.78, 5) is 15.5. The highest BCUT2D eigenvalue weighted by atomic mass is 16.5. The van der Waals surface area contributed by atoms with Gasteiger partial charge in [-0.1, -0.05) is 31.8 Å². The predicted octanol–water partition coefficient (Wildman–Crippen LogP) is 6.32. The smallest absolute Gasteiger partial charge is 0.133 e. The maximum Gasteiger partial charge on any atom is 0.133 e. The minimum absolute atomic E-state index is 0.0244. The Bertz CT molecular complexity index is 675. The number of fused-ring (bicyclic) bond motifs is 5. The minimum Gasteiger partial charge on any atom is -0.378 e. The first-order valence-electron chi connectivity index (χ1n) is 12.1. The third-order valence-corrected chi connectivity index (χ3v) is 9.93. The lowest BCUT2D eigenvalue weighted by Gasteiger charge is -2.62. The third-order valence-electron chi connectivity index (χ3n) is 9.93. The summed E-state index contributed by atoms with van der Waals surface area (Å²) in [6, 6.07) is 0. The quantitative estimate of drug-likeness (QED) is 0.226. The molecule has 4 saturated carbocycles. The number of hydrogen-bond donors (Lipinski definition) is 0. The van der Waals surface area contributed by atoms with Gasteiger partial charge < -0.3 is 4.74 Å². The van der Waals surface area contributed by atoms with Gasteiger partial charge in [0.25, 0.3) is 0 Å². The standard InChI is InChI=1S/C24H39N3O2/c1-16(28)19-10-11-20-18-9-8-17-7-4-5-12-23(17,2)21(18)15-22(24(19,20)3)29-14-6-13-26-27-25/h17-22H,4-15H2,1-3H3/t17?,18?,19-,20?,21?,22+,23+,24-/m1/s1. The van der Waals surface area contributed by atoms with E-state index in [4.69, 9.17) is 10.3 Å². The minimum atomic E-state index is -0.0244. The van der Waals surface area contributed by atoms with Crippen LogP contribution in [0.25, 0.3) is 10.4 Å². The molecule has 162 valence electrons. The second-order valence-electron chi connectivity index (χ2n) is 10.9. The Hall–Kier alpha value is -1.06. The van der Waals surface area contributed by atoms with Crippen molar-refractivity contribution in [3.8, 4) is 0 Å². The van der Waals surface area contributed by atoms with Crippen LogP contribution in [0, 0.1) is 40.4 Å². The molecule has 0 spiro atoms. The molecule has 8 atom stereocenters. The Morgan fingerprint density at radius 2 is 1.97 bits per heavy atom. The lowest BCUT2D eigenvalue weighted by molar-refractivity contribution is -0.182. The van der Waals surface area contributed by atoms with Gasteiger partial charge in [-0.15, -0.1) is 0 Å². The zero-order valence-corrected chi connectivity index (χ0v) is 18.6. The molecule has 0 aliphatic heterocycles. The van der Waals surface area contributed by atoms with E-state index in [-0.39, 0.29) is 17.4 Å². The predicted molar refractivity (Wildman–Crippen MR) is 114 cm³/mol. The topological polar surface area (TPSA) is 75.1 Å². The summed E-state index contributed by atoms with van der Waals surface area (Å²) in [5, 5.41) is 3.66. The third kappa shape index (κ3) is 3.43. The van der Waals surface area contributed by atoms with Crippen LogP contribution in [-0.2, 0) is 9.53 Å². The number of azide groups is 1. The summed E-state index contributed by atoms with van der Waals surface area (Å²) < 4.78 is 6.57. The van der Waals surface area contributed by atoms with Gasteiger partial charge in [-0.25, -0.2) is 0 Å². The van der Waals surface area contributed by atoms with Gasteiger partial charge in [0.2, 0.25) is 0 Å².